The van der Waals surface area contributed by atoms with E-state index >= 15 is 0 Å². The highest BCUT2D eigenvalue weighted by Crippen LogP contribution is 2.55. The zero-order valence-corrected chi connectivity index (χ0v) is 33.1. The summed E-state index contributed by atoms with van der Waals surface area (Å²) in [4.78, 5) is 83.9. The third-order valence-electron chi connectivity index (χ3n) is 10.3. The lowest BCUT2D eigenvalue weighted by atomic mass is 9.91. The number of aliphatic carboxylic acids is 1. The van der Waals surface area contributed by atoms with E-state index in [0.717, 1.165) is 0 Å². The Bertz CT molecular complexity index is 3060. The Balaban J connectivity index is 1.53. The highest BCUT2D eigenvalue weighted by molar-refractivity contribution is 6.10. The minimum absolute atomic E-state index is 0.275. The molecule has 27 heteroatoms. The summed E-state index contributed by atoms with van der Waals surface area (Å²) in [6.07, 6.45) is -11.9. The Morgan fingerprint density at radius 2 is 0.750 bits per heavy atom. The molecule has 16 N–H and O–H groups in total. The maximum Gasteiger partial charge on any atom is 0.349 e. The van der Waals surface area contributed by atoms with Crippen molar-refractivity contribution in [2.75, 3.05) is 6.61 Å². The average Bonchev–Trinajstić information content (AvgIpc) is 3.29. The summed E-state index contributed by atoms with van der Waals surface area (Å²) < 4.78 is 26.8. The van der Waals surface area contributed by atoms with Crippen LogP contribution in [0, 0.1) is 0 Å². The Morgan fingerprint density at radius 1 is 0.426 bits per heavy atom. The molecule has 0 unspecified atom stereocenters. The Hall–Kier alpha value is -10.1. The van der Waals surface area contributed by atoms with Crippen LogP contribution in [0.4, 0.5) is 0 Å². The molecule has 2 heterocycles. The number of hydrogen-bond donors (Lipinski definition) is 16. The van der Waals surface area contributed by atoms with Crippen molar-refractivity contribution in [3.63, 3.8) is 0 Å². The standard InChI is InChI=1S/C41H28O27/c42-13-1-8(2-14(43)24(13)48)37(59)65-19-7-64-38(60)9-3-15(44)25(49)29(53)20(9)21-10(4-16(45)26(50)30(21)54)39(61)66-33(19)34-35(36(57)58)68-41(63)12-6-18(47)28(52)32(56)23(12)22-11(40(62)67-34)5-17(46)27(51)31(22)55/h1-6,19,33-35,42-56H,7H2,(H,57,58)/t19-,33+,34-,35-/m0/s1. The largest absolute Gasteiger partial charge is 0.504 e. The molecular formula is C41H28O27. The van der Waals surface area contributed by atoms with E-state index in [1.165, 1.54) is 0 Å². The lowest BCUT2D eigenvalue weighted by Gasteiger charge is -2.35. The van der Waals surface area contributed by atoms with Crippen molar-refractivity contribution in [2.24, 2.45) is 0 Å². The average molecular weight is 953 g/mol. The van der Waals surface area contributed by atoms with Crippen molar-refractivity contribution >= 4 is 35.8 Å². The van der Waals surface area contributed by atoms with E-state index in [1.54, 1.807) is 0 Å². The van der Waals surface area contributed by atoms with Gasteiger partial charge in [-0.15, -0.1) is 0 Å². The van der Waals surface area contributed by atoms with Crippen LogP contribution in [0.3, 0.4) is 0 Å². The Labute approximate surface area is 373 Å². The SMILES string of the molecule is O=C(O[C@H]1COC(=O)c2cc(O)c(O)c(O)c2-c2c(cc(O)c(O)c2O)C(=O)O[C@H]1[C@@H]1OC(=O)c2cc(O)c(O)c(O)c2-c2c(cc(O)c(O)c2O)C(=O)O[C@@H]1C(=O)O)c1cc(O)c(O)c(O)c1. The predicted molar refractivity (Wildman–Crippen MR) is 210 cm³/mol. The first-order valence-corrected chi connectivity index (χ1v) is 18.5. The van der Waals surface area contributed by atoms with Crippen LogP contribution in [0.5, 0.6) is 86.2 Å². The van der Waals surface area contributed by atoms with E-state index in [4.69, 9.17) is 23.7 Å². The van der Waals surface area contributed by atoms with Gasteiger partial charge < -0.3 is 105 Å². The smallest absolute Gasteiger partial charge is 0.349 e. The van der Waals surface area contributed by atoms with E-state index in [-0.39, 0.29) is 12.1 Å². The second kappa shape index (κ2) is 16.5. The van der Waals surface area contributed by atoms with Gasteiger partial charge in [-0.1, -0.05) is 0 Å². The molecule has 0 aliphatic carbocycles. The van der Waals surface area contributed by atoms with Crippen molar-refractivity contribution in [1.82, 2.24) is 0 Å². The predicted octanol–water partition coefficient (Wildman–Crippen LogP) is 1.38. The number of carbonyl (C=O) groups is 6. The maximum absolute atomic E-state index is 14.5. The zero-order chi connectivity index (χ0) is 50.1. The van der Waals surface area contributed by atoms with Gasteiger partial charge in [0.2, 0.25) is 29.1 Å². The lowest BCUT2D eigenvalue weighted by Crippen LogP contribution is -2.55. The molecule has 7 rings (SSSR count). The van der Waals surface area contributed by atoms with E-state index < -0.39 is 203 Å². The number of carbonyl (C=O) groups excluding carboxylic acids is 5. The highest BCUT2D eigenvalue weighted by atomic mass is 16.6. The lowest BCUT2D eigenvalue weighted by molar-refractivity contribution is -0.167. The van der Waals surface area contributed by atoms with Crippen molar-refractivity contribution in [2.45, 2.75) is 24.4 Å². The van der Waals surface area contributed by atoms with E-state index in [2.05, 4.69) is 0 Å². The molecule has 0 spiro atoms. The molecule has 4 atom stereocenters. The van der Waals surface area contributed by atoms with Gasteiger partial charge in [0, 0.05) is 22.3 Å². The van der Waals surface area contributed by atoms with Gasteiger partial charge in [-0.3, -0.25) is 0 Å². The molecule has 5 aromatic rings. The van der Waals surface area contributed by atoms with Crippen LogP contribution < -0.4 is 0 Å². The molecule has 354 valence electrons. The quantitative estimate of drug-likeness (QED) is 0.0687. The molecule has 68 heavy (non-hydrogen) atoms. The summed E-state index contributed by atoms with van der Waals surface area (Å²) in [6.45, 7) is -1.59. The molecule has 0 fully saturated rings. The number of ether oxygens (including phenoxy) is 5. The van der Waals surface area contributed by atoms with Crippen LogP contribution in [0.1, 0.15) is 51.8 Å². The number of benzene rings is 5. The van der Waals surface area contributed by atoms with Crippen LogP contribution in [0.2, 0.25) is 0 Å². The van der Waals surface area contributed by atoms with Gasteiger partial charge in [0.25, 0.3) is 0 Å². The van der Waals surface area contributed by atoms with Crippen molar-refractivity contribution in [3.05, 3.63) is 64.2 Å². The molecule has 0 aromatic heterocycles. The number of hydrogen-bond acceptors (Lipinski definition) is 26. The number of cyclic esters (lactones) is 4. The first-order chi connectivity index (χ1) is 31.8. The summed E-state index contributed by atoms with van der Waals surface area (Å²) in [5, 5.41) is 169. The fourth-order valence-corrected chi connectivity index (χ4v) is 7.06. The van der Waals surface area contributed by atoms with Crippen molar-refractivity contribution in [1.29, 1.82) is 0 Å². The van der Waals surface area contributed by atoms with Gasteiger partial charge in [-0.2, -0.15) is 0 Å². The summed E-state index contributed by atoms with van der Waals surface area (Å²) in [7, 11) is 0. The van der Waals surface area contributed by atoms with Gasteiger partial charge in [0.05, 0.1) is 27.8 Å². The minimum atomic E-state index is -3.14. The van der Waals surface area contributed by atoms with E-state index in [1.807, 2.05) is 0 Å². The molecule has 27 nitrogen and oxygen atoms in total. The molecule has 0 saturated heterocycles. The molecule has 2 aliphatic rings. The molecule has 0 amide bonds. The number of carboxylic acid groups (broad SMARTS) is 1. The molecular weight excluding hydrogens is 924 g/mol. The van der Waals surface area contributed by atoms with Crippen molar-refractivity contribution < 1.29 is 134 Å². The Kier molecular flexibility index (Phi) is 11.1. The van der Waals surface area contributed by atoms with E-state index in [9.17, 15) is 110 Å². The number of phenols is 15. The number of fused-ring (bicyclic) bond motifs is 6. The number of aromatic hydroxyl groups is 15. The summed E-state index contributed by atoms with van der Waals surface area (Å²) in [5.41, 5.74) is -10.6. The van der Waals surface area contributed by atoms with Gasteiger partial charge in [0.1, 0.15) is 6.61 Å². The first-order valence-electron chi connectivity index (χ1n) is 18.5. The number of rotatable bonds is 4. The van der Waals surface area contributed by atoms with Crippen molar-refractivity contribution in [3.8, 4) is 108 Å². The summed E-state index contributed by atoms with van der Waals surface area (Å²) in [5.74, 6) is -33.0. The second-order valence-corrected chi connectivity index (χ2v) is 14.4. The van der Waals surface area contributed by atoms with Gasteiger partial charge in [-0.05, 0) is 36.4 Å². The van der Waals surface area contributed by atoms with Gasteiger partial charge in [-0.25, -0.2) is 28.8 Å². The first kappa shape index (κ1) is 45.9. The molecule has 2 aliphatic heterocycles. The van der Waals surface area contributed by atoms with Crippen LogP contribution in [0.15, 0.2) is 36.4 Å². The Morgan fingerprint density at radius 3 is 1.12 bits per heavy atom. The number of phenolic OH excluding ortho intramolecular Hbond substituents is 15. The number of carboxylic acids is 1. The zero-order valence-electron chi connectivity index (χ0n) is 33.1. The molecule has 0 radical (unpaired) electrons. The normalized spacial score (nSPS) is 18.1. The van der Waals surface area contributed by atoms with Crippen LogP contribution in [0.25, 0.3) is 22.3 Å². The minimum Gasteiger partial charge on any atom is -0.504 e. The van der Waals surface area contributed by atoms with Gasteiger partial charge >= 0.3 is 35.8 Å². The van der Waals surface area contributed by atoms with Crippen LogP contribution >= 0.6 is 0 Å². The summed E-state index contributed by atoms with van der Waals surface area (Å²) >= 11 is 0. The third-order valence-corrected chi connectivity index (χ3v) is 10.3. The third kappa shape index (κ3) is 7.41. The molecule has 5 aromatic carbocycles. The molecule has 0 bridgehead atoms. The fraction of sp³-hybridized carbons (Fsp3) is 0.122. The topological polar surface area (TPSA) is 472 Å². The van der Waals surface area contributed by atoms with E-state index in [0.29, 0.717) is 24.3 Å². The van der Waals surface area contributed by atoms with Gasteiger partial charge in [0.15, 0.2) is 81.6 Å². The number of esters is 5. The fourth-order valence-electron chi connectivity index (χ4n) is 7.06. The van der Waals surface area contributed by atoms with Crippen LogP contribution in [-0.4, -0.2) is 149 Å². The monoisotopic (exact) mass is 952 g/mol. The highest BCUT2D eigenvalue weighted by Gasteiger charge is 2.51. The second-order valence-electron chi connectivity index (χ2n) is 14.4. The summed E-state index contributed by atoms with van der Waals surface area (Å²) in [6, 6.07) is 2.17. The molecule has 0 saturated carbocycles. The maximum atomic E-state index is 14.5. The van der Waals surface area contributed by atoms with Crippen LogP contribution in [-0.2, 0) is 28.5 Å².